The zero-order valence-electron chi connectivity index (χ0n) is 16.0. The predicted octanol–water partition coefficient (Wildman–Crippen LogP) is 3.80. The van der Waals surface area contributed by atoms with Gasteiger partial charge in [-0.15, -0.1) is 0 Å². The fourth-order valence-electron chi connectivity index (χ4n) is 2.98. The van der Waals surface area contributed by atoms with Gasteiger partial charge < -0.3 is 14.9 Å². The molecule has 2 N–H and O–H groups in total. The molecule has 1 saturated heterocycles. The molecule has 0 bridgehead atoms. The highest BCUT2D eigenvalue weighted by molar-refractivity contribution is 5.70. The number of halogens is 4. The van der Waals surface area contributed by atoms with Gasteiger partial charge in [0.15, 0.2) is 0 Å². The van der Waals surface area contributed by atoms with E-state index in [1.54, 1.807) is 6.07 Å². The van der Waals surface area contributed by atoms with E-state index in [-0.39, 0.29) is 25.9 Å². The molecule has 0 saturated carbocycles. The molecule has 30 heavy (non-hydrogen) atoms. The van der Waals surface area contributed by atoms with Crippen LogP contribution in [0.4, 0.5) is 22.4 Å². The van der Waals surface area contributed by atoms with Crippen LogP contribution in [-0.2, 0) is 15.5 Å². The number of cyclic esters (lactones) is 1. The van der Waals surface area contributed by atoms with Crippen molar-refractivity contribution in [2.24, 2.45) is 0 Å². The van der Waals surface area contributed by atoms with Crippen molar-refractivity contribution >= 4 is 12.1 Å². The second kappa shape index (κ2) is 9.92. The SMILES string of the molecule is O=C(O)CCCCC(F)(F)CN1C(=O)OCC1/C=C/C(O)C(F)(F)c1ccccc1. The summed E-state index contributed by atoms with van der Waals surface area (Å²) in [6, 6.07) is 5.59. The molecule has 2 unspecified atom stereocenters. The van der Waals surface area contributed by atoms with Gasteiger partial charge in [-0.05, 0) is 12.8 Å². The Balaban J connectivity index is 1.99. The number of aliphatic carboxylic acids is 1. The number of amides is 1. The van der Waals surface area contributed by atoms with Crippen LogP contribution in [0.5, 0.6) is 0 Å². The van der Waals surface area contributed by atoms with E-state index in [4.69, 9.17) is 9.84 Å². The lowest BCUT2D eigenvalue weighted by molar-refractivity contribution is -0.137. The maximum absolute atomic E-state index is 14.3. The van der Waals surface area contributed by atoms with Crippen molar-refractivity contribution < 1.29 is 42.1 Å². The molecule has 1 aliphatic heterocycles. The minimum atomic E-state index is -3.61. The number of carbonyl (C=O) groups excluding carboxylic acids is 1. The molecule has 1 fully saturated rings. The zero-order valence-corrected chi connectivity index (χ0v) is 16.0. The van der Waals surface area contributed by atoms with Gasteiger partial charge in [0, 0.05) is 18.4 Å². The number of ether oxygens (including phenoxy) is 1. The first kappa shape index (κ1) is 23.7. The van der Waals surface area contributed by atoms with Gasteiger partial charge in [0.2, 0.25) is 0 Å². The summed E-state index contributed by atoms with van der Waals surface area (Å²) in [5.74, 6) is -8.00. The van der Waals surface area contributed by atoms with Crippen LogP contribution in [0.3, 0.4) is 0 Å². The normalized spacial score (nSPS) is 18.6. The Bertz CT molecular complexity index is 757. The molecule has 1 aromatic rings. The standard InChI is InChI=1S/C20H23F4NO5/c21-19(22,11-5-4-8-17(27)28)13-25-15(12-30-18(25)29)9-10-16(26)20(23,24)14-6-2-1-3-7-14/h1-3,6-7,9-10,15-16,26H,4-5,8,11-13H2,(H,27,28)/b10-9+. The summed E-state index contributed by atoms with van der Waals surface area (Å²) in [7, 11) is 0. The van der Waals surface area contributed by atoms with Crippen LogP contribution in [0.15, 0.2) is 42.5 Å². The Morgan fingerprint density at radius 1 is 1.23 bits per heavy atom. The molecule has 0 aliphatic carbocycles. The third kappa shape index (κ3) is 6.45. The Kier molecular flexibility index (Phi) is 7.83. The fraction of sp³-hybridized carbons (Fsp3) is 0.500. The van der Waals surface area contributed by atoms with Gasteiger partial charge in [0.05, 0.1) is 12.6 Å². The van der Waals surface area contributed by atoms with Gasteiger partial charge in [0.25, 0.3) is 5.92 Å². The van der Waals surface area contributed by atoms with E-state index in [1.165, 1.54) is 12.1 Å². The molecular weight excluding hydrogens is 410 g/mol. The molecular formula is C20H23F4NO5. The molecule has 1 heterocycles. The van der Waals surface area contributed by atoms with Crippen molar-refractivity contribution in [2.45, 2.75) is 49.7 Å². The first-order chi connectivity index (χ1) is 14.0. The lowest BCUT2D eigenvalue weighted by atomic mass is 10.0. The second-order valence-corrected chi connectivity index (χ2v) is 7.05. The van der Waals surface area contributed by atoms with Crippen LogP contribution >= 0.6 is 0 Å². The number of hydrogen-bond donors (Lipinski definition) is 2. The first-order valence-corrected chi connectivity index (χ1v) is 9.36. The molecule has 0 radical (unpaired) electrons. The fourth-order valence-corrected chi connectivity index (χ4v) is 2.98. The average molecular weight is 433 g/mol. The molecule has 166 valence electrons. The van der Waals surface area contributed by atoms with Crippen molar-refractivity contribution in [1.82, 2.24) is 4.90 Å². The summed E-state index contributed by atoms with van der Waals surface area (Å²) in [5.41, 5.74) is -0.411. The van der Waals surface area contributed by atoms with Gasteiger partial charge in [-0.25, -0.2) is 13.6 Å². The van der Waals surface area contributed by atoms with Crippen molar-refractivity contribution in [3.8, 4) is 0 Å². The number of carboxylic acids is 1. The maximum atomic E-state index is 14.3. The number of benzene rings is 1. The molecule has 1 aromatic carbocycles. The van der Waals surface area contributed by atoms with Crippen molar-refractivity contribution in [1.29, 1.82) is 0 Å². The lowest BCUT2D eigenvalue weighted by Crippen LogP contribution is -2.42. The molecule has 2 atom stereocenters. The Labute approximate surface area is 170 Å². The minimum absolute atomic E-state index is 0.0509. The Hall–Kier alpha value is -2.62. The van der Waals surface area contributed by atoms with E-state index >= 15 is 0 Å². The number of carboxylic acid groups (broad SMARTS) is 1. The zero-order chi connectivity index (χ0) is 22.4. The summed E-state index contributed by atoms with van der Waals surface area (Å²) in [4.78, 5) is 22.9. The smallest absolute Gasteiger partial charge is 0.410 e. The van der Waals surface area contributed by atoms with E-state index in [0.29, 0.717) is 4.90 Å². The van der Waals surface area contributed by atoms with Gasteiger partial charge in [0.1, 0.15) is 12.7 Å². The van der Waals surface area contributed by atoms with Crippen LogP contribution < -0.4 is 0 Å². The van der Waals surface area contributed by atoms with Gasteiger partial charge in [-0.2, -0.15) is 8.78 Å². The summed E-state index contributed by atoms with van der Waals surface area (Å²) in [5, 5.41) is 18.4. The predicted molar refractivity (Wildman–Crippen MR) is 98.4 cm³/mol. The van der Waals surface area contributed by atoms with Crippen LogP contribution in [0.1, 0.15) is 31.2 Å². The van der Waals surface area contributed by atoms with Crippen LogP contribution in [-0.4, -0.2) is 58.4 Å². The van der Waals surface area contributed by atoms with E-state index in [1.807, 2.05) is 0 Å². The monoisotopic (exact) mass is 433 g/mol. The molecule has 0 spiro atoms. The Morgan fingerprint density at radius 3 is 2.53 bits per heavy atom. The number of carbonyl (C=O) groups is 2. The maximum Gasteiger partial charge on any atom is 0.410 e. The molecule has 1 amide bonds. The number of nitrogens with zero attached hydrogens (tertiary/aromatic N) is 1. The molecule has 6 nitrogen and oxygen atoms in total. The number of rotatable bonds is 11. The molecule has 10 heteroatoms. The largest absolute Gasteiger partial charge is 0.481 e. The van der Waals surface area contributed by atoms with E-state index in [2.05, 4.69) is 0 Å². The van der Waals surface area contributed by atoms with Crippen molar-refractivity contribution in [3.05, 3.63) is 48.0 Å². The third-order valence-corrected chi connectivity index (χ3v) is 4.64. The van der Waals surface area contributed by atoms with Crippen molar-refractivity contribution in [3.63, 3.8) is 0 Å². The molecule has 0 aromatic heterocycles. The summed E-state index contributed by atoms with van der Waals surface area (Å²) < 4.78 is 61.7. The van der Waals surface area contributed by atoms with E-state index < -0.39 is 54.6 Å². The highest BCUT2D eigenvalue weighted by Gasteiger charge is 2.42. The number of alkyl halides is 4. The number of unbranched alkanes of at least 4 members (excludes halogenated alkanes) is 1. The number of aliphatic hydroxyl groups excluding tert-OH is 1. The van der Waals surface area contributed by atoms with Gasteiger partial charge in [-0.1, -0.05) is 42.5 Å². The van der Waals surface area contributed by atoms with Crippen LogP contribution in [0.25, 0.3) is 0 Å². The minimum Gasteiger partial charge on any atom is -0.481 e. The topological polar surface area (TPSA) is 87.1 Å². The summed E-state index contributed by atoms with van der Waals surface area (Å²) >= 11 is 0. The van der Waals surface area contributed by atoms with Crippen molar-refractivity contribution in [2.75, 3.05) is 13.2 Å². The summed E-state index contributed by atoms with van der Waals surface area (Å²) in [6.07, 6.45) is -2.28. The van der Waals surface area contributed by atoms with Crippen LogP contribution in [0, 0.1) is 0 Å². The van der Waals surface area contributed by atoms with E-state index in [0.717, 1.165) is 24.3 Å². The van der Waals surface area contributed by atoms with Gasteiger partial charge >= 0.3 is 18.0 Å². The van der Waals surface area contributed by atoms with Crippen LogP contribution in [0.2, 0.25) is 0 Å². The highest BCUT2D eigenvalue weighted by Crippen LogP contribution is 2.33. The third-order valence-electron chi connectivity index (χ3n) is 4.64. The first-order valence-electron chi connectivity index (χ1n) is 9.36. The Morgan fingerprint density at radius 2 is 1.90 bits per heavy atom. The molecule has 1 aliphatic rings. The lowest BCUT2D eigenvalue weighted by Gasteiger charge is -2.25. The number of aliphatic hydroxyl groups is 1. The highest BCUT2D eigenvalue weighted by atomic mass is 19.3. The van der Waals surface area contributed by atoms with Gasteiger partial charge in [-0.3, -0.25) is 9.69 Å². The second-order valence-electron chi connectivity index (χ2n) is 7.05. The quantitative estimate of drug-likeness (QED) is 0.315. The number of hydrogen-bond acceptors (Lipinski definition) is 4. The summed E-state index contributed by atoms with van der Waals surface area (Å²) in [6.45, 7) is -1.31. The van der Waals surface area contributed by atoms with E-state index in [9.17, 15) is 32.3 Å². The average Bonchev–Trinajstić information content (AvgIpc) is 3.03. The molecule has 2 rings (SSSR count).